The number of ketones is 1. The van der Waals surface area contributed by atoms with Crippen molar-refractivity contribution in [3.8, 4) is 0 Å². The van der Waals surface area contributed by atoms with Crippen molar-refractivity contribution in [2.45, 2.75) is 65.0 Å². The fraction of sp³-hybridized carbons (Fsp3) is 0.458. The first kappa shape index (κ1) is 20.4. The molecule has 3 amide bonds. The molecule has 30 heavy (non-hydrogen) atoms. The summed E-state index contributed by atoms with van der Waals surface area (Å²) in [5.41, 5.74) is 3.27. The van der Waals surface area contributed by atoms with Gasteiger partial charge in [0.15, 0.2) is 5.78 Å². The van der Waals surface area contributed by atoms with Gasteiger partial charge in [0.05, 0.1) is 6.54 Å². The molecule has 0 bridgehead atoms. The Morgan fingerprint density at radius 1 is 1.17 bits per heavy atom. The molecule has 1 saturated heterocycles. The first-order chi connectivity index (χ1) is 14.1. The number of urea groups is 1. The lowest BCUT2D eigenvalue weighted by molar-refractivity contribution is -0.130. The Morgan fingerprint density at radius 2 is 1.80 bits per heavy atom. The Morgan fingerprint density at radius 3 is 2.37 bits per heavy atom. The van der Waals surface area contributed by atoms with E-state index in [2.05, 4.69) is 23.7 Å². The van der Waals surface area contributed by atoms with Gasteiger partial charge < -0.3 is 9.88 Å². The topological polar surface area (TPSA) is 71.4 Å². The Labute approximate surface area is 177 Å². The lowest BCUT2D eigenvalue weighted by Gasteiger charge is -2.22. The second kappa shape index (κ2) is 7.11. The van der Waals surface area contributed by atoms with E-state index in [0.29, 0.717) is 23.1 Å². The molecule has 2 aromatic rings. The van der Waals surface area contributed by atoms with E-state index in [1.54, 1.807) is 6.92 Å². The van der Waals surface area contributed by atoms with Gasteiger partial charge in [0.25, 0.3) is 5.91 Å². The zero-order valence-electron chi connectivity index (χ0n) is 18.3. The predicted molar refractivity (Wildman–Crippen MR) is 115 cm³/mol. The summed E-state index contributed by atoms with van der Waals surface area (Å²) in [5, 5.41) is 2.79. The molecule has 158 valence electrons. The van der Waals surface area contributed by atoms with Gasteiger partial charge in [-0.15, -0.1) is 0 Å². The Bertz CT molecular complexity index is 1030. The summed E-state index contributed by atoms with van der Waals surface area (Å²) < 4.78 is 2.19. The normalized spacial score (nSPS) is 21.5. The molecule has 1 N–H and O–H groups in total. The van der Waals surface area contributed by atoms with E-state index >= 15 is 0 Å². The molecule has 1 aliphatic heterocycles. The highest BCUT2D eigenvalue weighted by Gasteiger charge is 2.49. The third-order valence-electron chi connectivity index (χ3n) is 6.43. The molecule has 1 aliphatic carbocycles. The van der Waals surface area contributed by atoms with Gasteiger partial charge in [0, 0.05) is 23.0 Å². The van der Waals surface area contributed by atoms with Gasteiger partial charge in [-0.3, -0.25) is 14.5 Å². The van der Waals surface area contributed by atoms with Crippen LogP contribution in [-0.2, 0) is 10.3 Å². The summed E-state index contributed by atoms with van der Waals surface area (Å²) in [6.07, 6.45) is 2.26. The van der Waals surface area contributed by atoms with Crippen molar-refractivity contribution in [3.63, 3.8) is 0 Å². The summed E-state index contributed by atoms with van der Waals surface area (Å²) in [6.45, 7) is 9.58. The van der Waals surface area contributed by atoms with Crippen molar-refractivity contribution >= 4 is 17.7 Å². The summed E-state index contributed by atoms with van der Waals surface area (Å²) in [5.74, 6) is -0.225. The van der Waals surface area contributed by atoms with Gasteiger partial charge in [-0.1, -0.05) is 38.1 Å². The summed E-state index contributed by atoms with van der Waals surface area (Å²) in [7, 11) is 0. The van der Waals surface area contributed by atoms with E-state index in [9.17, 15) is 14.4 Å². The first-order valence-electron chi connectivity index (χ1n) is 10.6. The predicted octanol–water partition coefficient (Wildman–Crippen LogP) is 4.21. The van der Waals surface area contributed by atoms with Crippen LogP contribution in [-0.4, -0.2) is 33.7 Å². The highest BCUT2D eigenvalue weighted by Crippen LogP contribution is 2.38. The van der Waals surface area contributed by atoms with Crippen LogP contribution in [0.1, 0.15) is 78.4 Å². The maximum absolute atomic E-state index is 13.2. The average molecular weight is 408 g/mol. The third-order valence-corrected chi connectivity index (χ3v) is 6.43. The second-order valence-corrected chi connectivity index (χ2v) is 9.03. The van der Waals surface area contributed by atoms with Crippen molar-refractivity contribution in [2.75, 3.05) is 6.54 Å². The van der Waals surface area contributed by atoms with E-state index in [-0.39, 0.29) is 12.3 Å². The maximum Gasteiger partial charge on any atom is 0.325 e. The molecule has 1 saturated carbocycles. The summed E-state index contributed by atoms with van der Waals surface area (Å²) >= 11 is 0. The number of carbonyl (C=O) groups excluding carboxylic acids is 3. The molecule has 6 heteroatoms. The minimum Gasteiger partial charge on any atom is -0.345 e. The van der Waals surface area contributed by atoms with E-state index in [1.807, 2.05) is 44.2 Å². The van der Waals surface area contributed by atoms with Crippen molar-refractivity contribution in [1.29, 1.82) is 0 Å². The fourth-order valence-corrected chi connectivity index (χ4v) is 4.42. The van der Waals surface area contributed by atoms with E-state index in [1.165, 1.54) is 0 Å². The highest BCUT2D eigenvalue weighted by molar-refractivity contribution is 6.11. The van der Waals surface area contributed by atoms with Gasteiger partial charge in [-0.05, 0) is 56.7 Å². The zero-order chi connectivity index (χ0) is 21.8. The van der Waals surface area contributed by atoms with Crippen molar-refractivity contribution < 1.29 is 14.4 Å². The Kier molecular flexibility index (Phi) is 4.83. The number of aryl methyl sites for hydroxylation is 1. The molecule has 2 fully saturated rings. The molecule has 2 aliphatic rings. The number of benzene rings is 1. The van der Waals surface area contributed by atoms with Crippen LogP contribution in [0.3, 0.4) is 0 Å². The van der Waals surface area contributed by atoms with Crippen molar-refractivity contribution in [1.82, 2.24) is 14.8 Å². The minimum absolute atomic E-state index is 0.210. The molecule has 0 radical (unpaired) electrons. The van der Waals surface area contributed by atoms with Crippen LogP contribution in [0.2, 0.25) is 0 Å². The molecule has 1 atom stereocenters. The van der Waals surface area contributed by atoms with Crippen LogP contribution < -0.4 is 5.32 Å². The standard InChI is InChI=1S/C24H29N3O3/c1-14(2)17-6-8-18(9-7-17)24(5)22(29)26(23(30)25-24)13-21(28)20-12-15(3)27(16(20)4)19-10-11-19/h6-9,12,14,19H,10-11,13H2,1-5H3,(H,25,30)/t24-/m1/s1. The molecule has 1 aromatic heterocycles. The largest absolute Gasteiger partial charge is 0.345 e. The van der Waals surface area contributed by atoms with Gasteiger partial charge in [0.2, 0.25) is 0 Å². The minimum atomic E-state index is -1.17. The van der Waals surface area contributed by atoms with Crippen LogP contribution in [0.25, 0.3) is 0 Å². The van der Waals surface area contributed by atoms with Gasteiger partial charge in [0.1, 0.15) is 5.54 Å². The number of nitrogens with zero attached hydrogens (tertiary/aromatic N) is 2. The second-order valence-electron chi connectivity index (χ2n) is 9.03. The number of nitrogens with one attached hydrogen (secondary N) is 1. The number of amides is 3. The number of hydrogen-bond acceptors (Lipinski definition) is 3. The molecule has 1 aromatic carbocycles. The van der Waals surface area contributed by atoms with E-state index in [0.717, 1.165) is 34.7 Å². The SMILES string of the molecule is Cc1cc(C(=O)CN2C(=O)N[C@](C)(c3ccc(C(C)C)cc3)C2=O)c(C)n1C1CC1. The van der Waals surface area contributed by atoms with E-state index in [4.69, 9.17) is 0 Å². The van der Waals surface area contributed by atoms with Gasteiger partial charge in [-0.2, -0.15) is 0 Å². The molecular weight excluding hydrogens is 378 g/mol. The molecule has 0 unspecified atom stereocenters. The van der Waals surface area contributed by atoms with Crippen molar-refractivity contribution in [3.05, 3.63) is 58.4 Å². The smallest absolute Gasteiger partial charge is 0.325 e. The Hall–Kier alpha value is -2.89. The zero-order valence-corrected chi connectivity index (χ0v) is 18.3. The number of hydrogen-bond donors (Lipinski definition) is 1. The van der Waals surface area contributed by atoms with Crippen LogP contribution in [0, 0.1) is 13.8 Å². The highest BCUT2D eigenvalue weighted by atomic mass is 16.2. The fourth-order valence-electron chi connectivity index (χ4n) is 4.42. The lowest BCUT2D eigenvalue weighted by atomic mass is 9.90. The number of aromatic nitrogens is 1. The molecule has 0 spiro atoms. The monoisotopic (exact) mass is 407 g/mol. The molecule has 2 heterocycles. The van der Waals surface area contributed by atoms with Crippen LogP contribution >= 0.6 is 0 Å². The first-order valence-corrected chi connectivity index (χ1v) is 10.6. The number of imide groups is 1. The summed E-state index contributed by atoms with van der Waals surface area (Å²) in [6, 6.07) is 9.53. The quantitative estimate of drug-likeness (QED) is 0.576. The lowest BCUT2D eigenvalue weighted by Crippen LogP contribution is -2.41. The molecule has 6 nitrogen and oxygen atoms in total. The number of carbonyl (C=O) groups is 3. The number of rotatable bonds is 6. The average Bonchev–Trinajstić information content (AvgIpc) is 3.45. The Balaban J connectivity index is 1.56. The van der Waals surface area contributed by atoms with Gasteiger partial charge >= 0.3 is 6.03 Å². The van der Waals surface area contributed by atoms with Crippen LogP contribution in [0.4, 0.5) is 4.79 Å². The third kappa shape index (κ3) is 3.24. The maximum atomic E-state index is 13.2. The summed E-state index contributed by atoms with van der Waals surface area (Å²) in [4.78, 5) is 39.9. The number of Topliss-reactive ketones (excluding diaryl/α,β-unsaturated/α-hetero) is 1. The van der Waals surface area contributed by atoms with Crippen LogP contribution in [0.15, 0.2) is 30.3 Å². The molecule has 4 rings (SSSR count). The van der Waals surface area contributed by atoms with Crippen LogP contribution in [0.5, 0.6) is 0 Å². The van der Waals surface area contributed by atoms with Crippen molar-refractivity contribution in [2.24, 2.45) is 0 Å². The van der Waals surface area contributed by atoms with Gasteiger partial charge in [-0.25, -0.2) is 4.79 Å². The molecular formula is C24H29N3O3. The van der Waals surface area contributed by atoms with E-state index < -0.39 is 17.5 Å².